The summed E-state index contributed by atoms with van der Waals surface area (Å²) in [5, 5.41) is 9.62. The molecule has 1 atom stereocenters. The van der Waals surface area contributed by atoms with Gasteiger partial charge in [0.15, 0.2) is 0 Å². The van der Waals surface area contributed by atoms with Gasteiger partial charge in [-0.2, -0.15) is 5.26 Å². The van der Waals surface area contributed by atoms with Gasteiger partial charge in [-0.05, 0) is 26.9 Å². The Morgan fingerprint density at radius 3 is 2.61 bits per heavy atom. The molecule has 0 unspecified atom stereocenters. The highest BCUT2D eigenvalue weighted by atomic mass is 16.5. The normalized spacial score (nSPS) is 25.1. The lowest BCUT2D eigenvalue weighted by Gasteiger charge is -2.40. The third-order valence-corrected chi connectivity index (χ3v) is 5.06. The topological polar surface area (TPSA) is 59.8 Å². The lowest BCUT2D eigenvalue weighted by molar-refractivity contribution is -0.138. The van der Waals surface area contributed by atoms with Crippen molar-refractivity contribution in [3.8, 4) is 6.07 Å². The largest absolute Gasteiger partial charge is 0.374 e. The number of ether oxygens (including phenoxy) is 1. The van der Waals surface area contributed by atoms with E-state index in [1.54, 1.807) is 11.9 Å². The maximum Gasteiger partial charge on any atom is 0.237 e. The average molecular weight is 322 g/mol. The molecule has 0 radical (unpaired) electrons. The van der Waals surface area contributed by atoms with E-state index in [2.05, 4.69) is 15.9 Å². The number of amides is 1. The number of rotatable bonds is 5. The van der Waals surface area contributed by atoms with Gasteiger partial charge in [0, 0.05) is 26.7 Å². The fourth-order valence-corrected chi connectivity index (χ4v) is 3.64. The minimum absolute atomic E-state index is 0.0546. The van der Waals surface area contributed by atoms with Crippen LogP contribution in [0.1, 0.15) is 32.1 Å². The van der Waals surface area contributed by atoms with Crippen molar-refractivity contribution in [2.45, 2.75) is 43.7 Å². The Bertz CT molecular complexity index is 440. The Hall–Kier alpha value is -1.16. The summed E-state index contributed by atoms with van der Waals surface area (Å²) >= 11 is 0. The van der Waals surface area contributed by atoms with E-state index >= 15 is 0 Å². The molecule has 130 valence electrons. The van der Waals surface area contributed by atoms with Crippen LogP contribution in [0.3, 0.4) is 0 Å². The molecule has 0 N–H and O–H groups in total. The standard InChI is InChI=1S/C17H30N4O2/c1-19(2)11-15-12-21(9-10-23-15)13-16(22)20(3)17(14-18)7-5-4-6-8-17/h15H,4-13H2,1-3H3/t15-/m0/s1. The Kier molecular flexibility index (Phi) is 6.40. The van der Waals surface area contributed by atoms with Crippen LogP contribution >= 0.6 is 0 Å². The quantitative estimate of drug-likeness (QED) is 0.754. The predicted molar refractivity (Wildman–Crippen MR) is 88.9 cm³/mol. The molecule has 1 heterocycles. The molecular weight excluding hydrogens is 292 g/mol. The highest BCUT2D eigenvalue weighted by Gasteiger charge is 2.39. The van der Waals surface area contributed by atoms with Crippen molar-refractivity contribution in [1.29, 1.82) is 5.26 Å². The van der Waals surface area contributed by atoms with E-state index < -0.39 is 5.54 Å². The van der Waals surface area contributed by atoms with E-state index in [4.69, 9.17) is 4.74 Å². The third kappa shape index (κ3) is 4.66. The van der Waals surface area contributed by atoms with Gasteiger partial charge in [0.2, 0.25) is 5.91 Å². The number of carbonyl (C=O) groups is 1. The predicted octanol–water partition coefficient (Wildman–Crippen LogP) is 0.934. The maximum atomic E-state index is 12.7. The van der Waals surface area contributed by atoms with Crippen molar-refractivity contribution in [3.63, 3.8) is 0 Å². The second-order valence-electron chi connectivity index (χ2n) is 7.15. The molecular formula is C17H30N4O2. The molecule has 1 saturated carbocycles. The summed E-state index contributed by atoms with van der Waals surface area (Å²) in [5.74, 6) is 0.0546. The first-order chi connectivity index (χ1) is 11.0. The minimum atomic E-state index is -0.593. The van der Waals surface area contributed by atoms with Gasteiger partial charge in [-0.3, -0.25) is 9.69 Å². The van der Waals surface area contributed by atoms with Crippen LogP contribution in [0, 0.1) is 11.3 Å². The van der Waals surface area contributed by atoms with E-state index in [0.29, 0.717) is 13.2 Å². The molecule has 1 amide bonds. The number of hydrogen-bond donors (Lipinski definition) is 0. The first kappa shape index (κ1) is 18.2. The van der Waals surface area contributed by atoms with Gasteiger partial charge in [0.25, 0.3) is 0 Å². The van der Waals surface area contributed by atoms with E-state index in [1.165, 1.54) is 6.42 Å². The molecule has 0 aromatic carbocycles. The van der Waals surface area contributed by atoms with Crippen LogP contribution in [0.15, 0.2) is 0 Å². The fourth-order valence-electron chi connectivity index (χ4n) is 3.64. The van der Waals surface area contributed by atoms with E-state index in [-0.39, 0.29) is 12.0 Å². The summed E-state index contributed by atoms with van der Waals surface area (Å²) in [7, 11) is 5.86. The number of nitrogens with zero attached hydrogens (tertiary/aromatic N) is 4. The molecule has 1 aliphatic heterocycles. The number of carbonyl (C=O) groups excluding carboxylic acids is 1. The summed E-state index contributed by atoms with van der Waals surface area (Å²) in [6.07, 6.45) is 5.00. The molecule has 23 heavy (non-hydrogen) atoms. The van der Waals surface area contributed by atoms with Crippen LogP contribution in [-0.2, 0) is 9.53 Å². The van der Waals surface area contributed by atoms with Gasteiger partial charge in [-0.25, -0.2) is 0 Å². The summed E-state index contributed by atoms with van der Waals surface area (Å²) in [6, 6.07) is 2.43. The SMILES string of the molecule is CN(C)C[C@H]1CN(CC(=O)N(C)C2(C#N)CCCCC2)CCO1. The second-order valence-corrected chi connectivity index (χ2v) is 7.15. The Labute approximate surface area is 140 Å². The van der Waals surface area contributed by atoms with E-state index in [9.17, 15) is 10.1 Å². The van der Waals surface area contributed by atoms with Crippen molar-refractivity contribution in [3.05, 3.63) is 0 Å². The van der Waals surface area contributed by atoms with E-state index in [1.807, 2.05) is 14.1 Å². The number of morpholine rings is 1. The first-order valence-corrected chi connectivity index (χ1v) is 8.63. The van der Waals surface area contributed by atoms with Gasteiger partial charge in [0.05, 0.1) is 25.3 Å². The first-order valence-electron chi connectivity index (χ1n) is 8.63. The lowest BCUT2D eigenvalue weighted by atomic mass is 9.81. The van der Waals surface area contributed by atoms with Crippen LogP contribution in [0.4, 0.5) is 0 Å². The Morgan fingerprint density at radius 2 is 2.00 bits per heavy atom. The zero-order valence-corrected chi connectivity index (χ0v) is 14.8. The summed E-state index contributed by atoms with van der Waals surface area (Å²) in [6.45, 7) is 3.47. The smallest absolute Gasteiger partial charge is 0.237 e. The van der Waals surface area contributed by atoms with Crippen molar-refractivity contribution >= 4 is 5.91 Å². The van der Waals surface area contributed by atoms with Crippen LogP contribution < -0.4 is 0 Å². The van der Waals surface area contributed by atoms with Gasteiger partial charge in [0.1, 0.15) is 5.54 Å². The van der Waals surface area contributed by atoms with E-state index in [0.717, 1.165) is 45.3 Å². The number of nitriles is 1. The zero-order chi connectivity index (χ0) is 16.9. The highest BCUT2D eigenvalue weighted by Crippen LogP contribution is 2.32. The van der Waals surface area contributed by atoms with Crippen molar-refractivity contribution in [2.75, 3.05) is 53.9 Å². The molecule has 2 fully saturated rings. The monoisotopic (exact) mass is 322 g/mol. The molecule has 0 bridgehead atoms. The van der Waals surface area contributed by atoms with Gasteiger partial charge >= 0.3 is 0 Å². The third-order valence-electron chi connectivity index (χ3n) is 5.06. The average Bonchev–Trinajstić information content (AvgIpc) is 2.54. The summed E-state index contributed by atoms with van der Waals surface area (Å²) in [5.41, 5.74) is -0.593. The zero-order valence-electron chi connectivity index (χ0n) is 14.8. The Balaban J connectivity index is 1.91. The Morgan fingerprint density at radius 1 is 1.30 bits per heavy atom. The highest BCUT2D eigenvalue weighted by molar-refractivity contribution is 5.79. The molecule has 2 aliphatic rings. The van der Waals surface area contributed by atoms with Gasteiger partial charge in [-0.1, -0.05) is 19.3 Å². The molecule has 1 aliphatic carbocycles. The molecule has 0 aromatic heterocycles. The van der Waals surface area contributed by atoms with Gasteiger partial charge < -0.3 is 14.5 Å². The molecule has 0 spiro atoms. The lowest BCUT2D eigenvalue weighted by Crippen LogP contribution is -2.55. The number of likely N-dealkylation sites (N-methyl/N-ethyl adjacent to an activating group) is 2. The van der Waals surface area contributed by atoms with Crippen molar-refractivity contribution < 1.29 is 9.53 Å². The van der Waals surface area contributed by atoms with Crippen LogP contribution in [-0.4, -0.2) is 86.2 Å². The van der Waals surface area contributed by atoms with Crippen LogP contribution in [0.5, 0.6) is 0 Å². The number of hydrogen-bond acceptors (Lipinski definition) is 5. The molecule has 2 rings (SSSR count). The summed E-state index contributed by atoms with van der Waals surface area (Å²) < 4.78 is 5.76. The fraction of sp³-hybridized carbons (Fsp3) is 0.882. The van der Waals surface area contributed by atoms with Crippen molar-refractivity contribution in [1.82, 2.24) is 14.7 Å². The van der Waals surface area contributed by atoms with Crippen LogP contribution in [0.25, 0.3) is 0 Å². The van der Waals surface area contributed by atoms with Gasteiger partial charge in [-0.15, -0.1) is 0 Å². The molecule has 0 aromatic rings. The molecule has 6 nitrogen and oxygen atoms in total. The van der Waals surface area contributed by atoms with Crippen molar-refractivity contribution in [2.24, 2.45) is 0 Å². The summed E-state index contributed by atoms with van der Waals surface area (Å²) in [4.78, 5) is 18.7. The maximum absolute atomic E-state index is 12.7. The second kappa shape index (κ2) is 8.09. The minimum Gasteiger partial charge on any atom is -0.374 e. The van der Waals surface area contributed by atoms with Crippen LogP contribution in [0.2, 0.25) is 0 Å². The molecule has 6 heteroatoms. The molecule has 1 saturated heterocycles.